The van der Waals surface area contributed by atoms with E-state index in [1.54, 1.807) is 0 Å². The van der Waals surface area contributed by atoms with Gasteiger partial charge in [0.25, 0.3) is 0 Å². The summed E-state index contributed by atoms with van der Waals surface area (Å²) >= 11 is 0. The van der Waals surface area contributed by atoms with Crippen molar-refractivity contribution in [2.24, 2.45) is 0 Å². The molecule has 0 spiro atoms. The second-order valence-electron chi connectivity index (χ2n) is 6.70. The van der Waals surface area contributed by atoms with E-state index in [-0.39, 0.29) is 18.7 Å². The predicted octanol–water partition coefficient (Wildman–Crippen LogP) is 4.00. The van der Waals surface area contributed by atoms with Crippen molar-refractivity contribution in [3.8, 4) is 0 Å². The van der Waals surface area contributed by atoms with Crippen LogP contribution in [0.25, 0.3) is 0 Å². The van der Waals surface area contributed by atoms with Gasteiger partial charge in [-0.25, -0.2) is 0 Å². The smallest absolute Gasteiger partial charge is 0.305 e. The van der Waals surface area contributed by atoms with Gasteiger partial charge in [0.05, 0.1) is 12.7 Å². The summed E-state index contributed by atoms with van der Waals surface area (Å²) in [6, 6.07) is 0. The van der Waals surface area contributed by atoms with Gasteiger partial charge in [-0.3, -0.25) is 4.79 Å². The number of allylic oxidation sites excluding steroid dienone is 7. The lowest BCUT2D eigenvalue weighted by molar-refractivity contribution is -0.147. The fourth-order valence-corrected chi connectivity index (χ4v) is 2.29. The second-order valence-corrected chi connectivity index (χ2v) is 6.70. The van der Waals surface area contributed by atoms with Crippen molar-refractivity contribution in [1.29, 1.82) is 0 Å². The summed E-state index contributed by atoms with van der Waals surface area (Å²) in [5.74, 6) is -0.352. The molecular weight excluding hydrogens is 356 g/mol. The molecule has 0 unspecified atom stereocenters. The lowest BCUT2D eigenvalue weighted by Gasteiger charge is -2.07. The SMILES string of the molecule is CCCCC[C@@H](O)/C=C/C=C\C/C=C\C/C=C\CCCC(=O)OC[C@@H](O)CO. The Balaban J connectivity index is 3.62. The number of ether oxygens (including phenoxy) is 1. The molecule has 0 radical (unpaired) electrons. The van der Waals surface area contributed by atoms with Crippen LogP contribution < -0.4 is 0 Å². The fraction of sp³-hybridized carbons (Fsp3) is 0.609. The van der Waals surface area contributed by atoms with Crippen LogP contribution in [0.1, 0.15) is 64.7 Å². The summed E-state index contributed by atoms with van der Waals surface area (Å²) in [6.45, 7) is 1.60. The lowest BCUT2D eigenvalue weighted by atomic mass is 10.1. The molecule has 0 aromatic carbocycles. The van der Waals surface area contributed by atoms with Gasteiger partial charge in [-0.15, -0.1) is 0 Å². The first kappa shape index (κ1) is 26.3. The van der Waals surface area contributed by atoms with Gasteiger partial charge in [0.15, 0.2) is 0 Å². The quantitative estimate of drug-likeness (QED) is 0.150. The molecule has 0 aromatic rings. The number of esters is 1. The minimum Gasteiger partial charge on any atom is -0.463 e. The molecule has 28 heavy (non-hydrogen) atoms. The van der Waals surface area contributed by atoms with Crippen LogP contribution in [0.5, 0.6) is 0 Å². The van der Waals surface area contributed by atoms with E-state index in [1.807, 2.05) is 24.3 Å². The monoisotopic (exact) mass is 394 g/mol. The van der Waals surface area contributed by atoms with Crippen LogP contribution in [-0.4, -0.2) is 46.7 Å². The standard InChI is InChI=1S/C23H38O5/c1-2-3-13-16-21(25)17-14-11-9-7-5-4-6-8-10-12-15-18-23(27)28-20-22(26)19-24/h4-5,8-11,14,17,21-22,24-26H,2-3,6-7,12-13,15-16,18-20H2,1H3/b5-4-,10-8-,11-9-,17-14+/t21-,22+/m1/s1. The number of hydrogen-bond acceptors (Lipinski definition) is 5. The Morgan fingerprint density at radius 2 is 1.68 bits per heavy atom. The molecule has 0 aromatic heterocycles. The number of carbonyl (C=O) groups excluding carboxylic acids is 1. The van der Waals surface area contributed by atoms with Crippen LogP contribution in [0, 0.1) is 0 Å². The third kappa shape index (κ3) is 19.1. The molecule has 2 atom stereocenters. The van der Waals surface area contributed by atoms with Crippen LogP contribution in [-0.2, 0) is 9.53 Å². The Morgan fingerprint density at radius 1 is 0.964 bits per heavy atom. The van der Waals surface area contributed by atoms with E-state index in [9.17, 15) is 9.90 Å². The molecule has 0 saturated heterocycles. The number of rotatable bonds is 17. The molecule has 0 fully saturated rings. The van der Waals surface area contributed by atoms with Crippen molar-refractivity contribution in [2.75, 3.05) is 13.2 Å². The Labute approximate surface area is 170 Å². The van der Waals surface area contributed by atoms with Crippen LogP contribution in [0.15, 0.2) is 48.6 Å². The van der Waals surface area contributed by atoms with E-state index >= 15 is 0 Å². The van der Waals surface area contributed by atoms with Gasteiger partial charge in [0.2, 0.25) is 0 Å². The Hall–Kier alpha value is -1.69. The zero-order valence-electron chi connectivity index (χ0n) is 17.2. The van der Waals surface area contributed by atoms with Crippen molar-refractivity contribution in [3.63, 3.8) is 0 Å². The first-order chi connectivity index (χ1) is 13.6. The predicted molar refractivity (Wildman–Crippen MR) is 114 cm³/mol. The maximum atomic E-state index is 11.4. The van der Waals surface area contributed by atoms with Crippen molar-refractivity contribution in [2.45, 2.75) is 76.9 Å². The molecule has 0 heterocycles. The summed E-state index contributed by atoms with van der Waals surface area (Å²) in [4.78, 5) is 11.4. The Kier molecular flexibility index (Phi) is 18.8. The molecule has 0 saturated carbocycles. The highest BCUT2D eigenvalue weighted by molar-refractivity contribution is 5.69. The molecule has 0 aliphatic rings. The zero-order valence-corrected chi connectivity index (χ0v) is 17.2. The summed E-state index contributed by atoms with van der Waals surface area (Å²) in [5, 5.41) is 27.4. The first-order valence-electron chi connectivity index (χ1n) is 10.4. The third-order valence-corrected chi connectivity index (χ3v) is 3.96. The molecule has 0 bridgehead atoms. The van der Waals surface area contributed by atoms with Gasteiger partial charge in [0.1, 0.15) is 12.7 Å². The van der Waals surface area contributed by atoms with E-state index < -0.39 is 12.7 Å². The summed E-state index contributed by atoms with van der Waals surface area (Å²) in [7, 11) is 0. The van der Waals surface area contributed by atoms with E-state index in [0.29, 0.717) is 12.8 Å². The maximum Gasteiger partial charge on any atom is 0.305 e. The van der Waals surface area contributed by atoms with E-state index in [0.717, 1.165) is 32.1 Å². The number of unbranched alkanes of at least 4 members (excludes halogenated alkanes) is 3. The molecular formula is C23H38O5. The van der Waals surface area contributed by atoms with Gasteiger partial charge in [-0.2, -0.15) is 0 Å². The lowest BCUT2D eigenvalue weighted by Crippen LogP contribution is -2.21. The van der Waals surface area contributed by atoms with Crippen LogP contribution in [0.3, 0.4) is 0 Å². The average molecular weight is 395 g/mol. The van der Waals surface area contributed by atoms with Crippen molar-refractivity contribution >= 4 is 5.97 Å². The summed E-state index contributed by atoms with van der Waals surface area (Å²) in [5.41, 5.74) is 0. The number of aliphatic hydroxyl groups is 3. The van der Waals surface area contributed by atoms with Crippen molar-refractivity contribution < 1.29 is 24.9 Å². The van der Waals surface area contributed by atoms with Gasteiger partial charge in [0, 0.05) is 6.42 Å². The van der Waals surface area contributed by atoms with Crippen molar-refractivity contribution in [3.05, 3.63) is 48.6 Å². The highest BCUT2D eigenvalue weighted by Crippen LogP contribution is 2.04. The maximum absolute atomic E-state index is 11.4. The zero-order chi connectivity index (χ0) is 20.9. The van der Waals surface area contributed by atoms with Crippen LogP contribution in [0.2, 0.25) is 0 Å². The highest BCUT2D eigenvalue weighted by atomic mass is 16.5. The first-order valence-corrected chi connectivity index (χ1v) is 10.4. The van der Waals surface area contributed by atoms with Crippen LogP contribution in [0.4, 0.5) is 0 Å². The largest absolute Gasteiger partial charge is 0.463 e. The molecule has 0 rings (SSSR count). The Bertz CT molecular complexity index is 479. The van der Waals surface area contributed by atoms with Gasteiger partial charge in [-0.1, -0.05) is 74.8 Å². The molecule has 3 N–H and O–H groups in total. The number of hydrogen-bond donors (Lipinski definition) is 3. The third-order valence-electron chi connectivity index (χ3n) is 3.96. The molecule has 5 heteroatoms. The van der Waals surface area contributed by atoms with Crippen LogP contribution >= 0.6 is 0 Å². The molecule has 0 aliphatic heterocycles. The molecule has 0 aliphatic carbocycles. The fourth-order valence-electron chi connectivity index (χ4n) is 2.29. The van der Waals surface area contributed by atoms with E-state index in [1.165, 1.54) is 12.8 Å². The minimum atomic E-state index is -0.997. The van der Waals surface area contributed by atoms with E-state index in [2.05, 4.69) is 31.2 Å². The molecule has 160 valence electrons. The summed E-state index contributed by atoms with van der Waals surface area (Å²) in [6.07, 6.45) is 22.5. The topological polar surface area (TPSA) is 87.0 Å². The Morgan fingerprint density at radius 3 is 2.39 bits per heavy atom. The van der Waals surface area contributed by atoms with E-state index in [4.69, 9.17) is 14.9 Å². The molecule has 5 nitrogen and oxygen atoms in total. The van der Waals surface area contributed by atoms with Gasteiger partial charge >= 0.3 is 5.97 Å². The second kappa shape index (κ2) is 20.1. The minimum absolute atomic E-state index is 0.153. The molecule has 0 amide bonds. The highest BCUT2D eigenvalue weighted by Gasteiger charge is 2.06. The van der Waals surface area contributed by atoms with Crippen molar-refractivity contribution in [1.82, 2.24) is 0 Å². The number of carbonyl (C=O) groups is 1. The summed E-state index contributed by atoms with van der Waals surface area (Å²) < 4.78 is 4.82. The average Bonchev–Trinajstić information content (AvgIpc) is 2.69. The normalized spacial score (nSPS) is 14.6. The number of aliphatic hydroxyl groups excluding tert-OH is 3. The van der Waals surface area contributed by atoms with Gasteiger partial charge in [-0.05, 0) is 32.1 Å². The van der Waals surface area contributed by atoms with Gasteiger partial charge < -0.3 is 20.1 Å².